The van der Waals surface area contributed by atoms with Crippen LogP contribution in [0.2, 0.25) is 0 Å². The Kier molecular flexibility index (Phi) is 3.69. The highest BCUT2D eigenvalue weighted by Gasteiger charge is 2.24. The minimum absolute atomic E-state index is 0.852. The third kappa shape index (κ3) is 2.47. The molecule has 0 bridgehead atoms. The Bertz CT molecular complexity index is 404. The smallest absolute Gasteiger partial charge is 0.0102 e. The average Bonchev–Trinajstić information content (AvgIpc) is 2.85. The lowest BCUT2D eigenvalue weighted by Gasteiger charge is -2.25. The van der Waals surface area contributed by atoms with E-state index < -0.39 is 0 Å². The fourth-order valence-electron chi connectivity index (χ4n) is 3.64. The summed E-state index contributed by atoms with van der Waals surface area (Å²) in [5, 5.41) is 0. The predicted molar refractivity (Wildman–Crippen MR) is 77.1 cm³/mol. The van der Waals surface area contributed by atoms with Crippen molar-refractivity contribution in [2.45, 2.75) is 57.9 Å². The van der Waals surface area contributed by atoms with Crippen LogP contribution in [0.15, 0.2) is 18.2 Å². The first-order valence-electron chi connectivity index (χ1n) is 7.71. The molecule has 0 amide bonds. The standard InChI is InChI=1S/C17H25N/c1-2-14-5-6-15-7-9-17(10-8-16(15)13-14)18-11-3-4-12-18/h5-6,13,17H,2-4,7-12H2,1H3/t17-/m0/s1. The first kappa shape index (κ1) is 12.2. The second-order valence-electron chi connectivity index (χ2n) is 5.93. The summed E-state index contributed by atoms with van der Waals surface area (Å²) < 4.78 is 0. The molecule has 0 radical (unpaired) electrons. The second-order valence-corrected chi connectivity index (χ2v) is 5.93. The number of aryl methyl sites for hydroxylation is 3. The average molecular weight is 243 g/mol. The molecule has 98 valence electrons. The van der Waals surface area contributed by atoms with Crippen LogP contribution in [-0.4, -0.2) is 24.0 Å². The molecule has 0 aromatic heterocycles. The second kappa shape index (κ2) is 5.44. The summed E-state index contributed by atoms with van der Waals surface area (Å²) in [5.74, 6) is 0. The number of hydrogen-bond acceptors (Lipinski definition) is 1. The SMILES string of the molecule is CCc1ccc2c(c1)CC[C@@H](N1CCCC1)CC2. The van der Waals surface area contributed by atoms with Gasteiger partial charge in [-0.15, -0.1) is 0 Å². The van der Waals surface area contributed by atoms with E-state index in [0.29, 0.717) is 0 Å². The van der Waals surface area contributed by atoms with Gasteiger partial charge in [0.1, 0.15) is 0 Å². The number of likely N-dealkylation sites (tertiary alicyclic amines) is 1. The normalized spacial score (nSPS) is 24.8. The minimum Gasteiger partial charge on any atom is -0.300 e. The van der Waals surface area contributed by atoms with E-state index in [9.17, 15) is 0 Å². The number of hydrogen-bond donors (Lipinski definition) is 0. The van der Waals surface area contributed by atoms with E-state index in [4.69, 9.17) is 0 Å². The molecule has 1 heterocycles. The summed E-state index contributed by atoms with van der Waals surface area (Å²) in [6, 6.07) is 8.03. The Balaban J connectivity index is 1.73. The van der Waals surface area contributed by atoms with Gasteiger partial charge < -0.3 is 4.90 Å². The monoisotopic (exact) mass is 243 g/mol. The van der Waals surface area contributed by atoms with Gasteiger partial charge in [0.2, 0.25) is 0 Å². The molecular formula is C17H25N. The Labute approximate surface area is 111 Å². The summed E-state index contributed by atoms with van der Waals surface area (Å²) in [6.45, 7) is 4.95. The van der Waals surface area contributed by atoms with Crippen LogP contribution >= 0.6 is 0 Å². The van der Waals surface area contributed by atoms with E-state index in [1.807, 2.05) is 0 Å². The minimum atomic E-state index is 0.852. The van der Waals surface area contributed by atoms with Gasteiger partial charge >= 0.3 is 0 Å². The van der Waals surface area contributed by atoms with Crippen molar-refractivity contribution in [1.82, 2.24) is 4.90 Å². The Morgan fingerprint density at radius 3 is 2.50 bits per heavy atom. The summed E-state index contributed by atoms with van der Waals surface area (Å²) in [7, 11) is 0. The third-order valence-electron chi connectivity index (χ3n) is 4.83. The van der Waals surface area contributed by atoms with Crippen molar-refractivity contribution in [3.8, 4) is 0 Å². The molecule has 1 atom stereocenters. The van der Waals surface area contributed by atoms with E-state index in [-0.39, 0.29) is 0 Å². The largest absolute Gasteiger partial charge is 0.300 e. The van der Waals surface area contributed by atoms with Crippen LogP contribution in [0.3, 0.4) is 0 Å². The van der Waals surface area contributed by atoms with Crippen LogP contribution < -0.4 is 0 Å². The summed E-state index contributed by atoms with van der Waals surface area (Å²) >= 11 is 0. The third-order valence-corrected chi connectivity index (χ3v) is 4.83. The molecule has 1 saturated heterocycles. The lowest BCUT2D eigenvalue weighted by atomic mass is 9.99. The Morgan fingerprint density at radius 2 is 1.78 bits per heavy atom. The van der Waals surface area contributed by atoms with Gasteiger partial charge in [-0.2, -0.15) is 0 Å². The highest BCUT2D eigenvalue weighted by Crippen LogP contribution is 2.26. The number of benzene rings is 1. The summed E-state index contributed by atoms with van der Waals surface area (Å²) in [4.78, 5) is 2.74. The van der Waals surface area contributed by atoms with E-state index >= 15 is 0 Å². The van der Waals surface area contributed by atoms with Gasteiger partial charge in [-0.1, -0.05) is 25.1 Å². The van der Waals surface area contributed by atoms with Gasteiger partial charge in [-0.3, -0.25) is 0 Å². The van der Waals surface area contributed by atoms with Gasteiger partial charge in [-0.05, 0) is 74.7 Å². The lowest BCUT2D eigenvalue weighted by molar-refractivity contribution is 0.222. The topological polar surface area (TPSA) is 3.24 Å². The van der Waals surface area contributed by atoms with Crippen molar-refractivity contribution in [2.75, 3.05) is 13.1 Å². The van der Waals surface area contributed by atoms with Crippen LogP contribution in [0.1, 0.15) is 49.3 Å². The van der Waals surface area contributed by atoms with Crippen LogP contribution in [0.4, 0.5) is 0 Å². The van der Waals surface area contributed by atoms with Gasteiger partial charge in [0.15, 0.2) is 0 Å². The zero-order valence-electron chi connectivity index (χ0n) is 11.6. The zero-order chi connectivity index (χ0) is 12.4. The quantitative estimate of drug-likeness (QED) is 0.718. The van der Waals surface area contributed by atoms with Crippen LogP contribution in [0.5, 0.6) is 0 Å². The molecule has 1 aromatic rings. The van der Waals surface area contributed by atoms with Crippen molar-refractivity contribution in [1.29, 1.82) is 0 Å². The maximum atomic E-state index is 2.74. The van der Waals surface area contributed by atoms with Crippen LogP contribution in [-0.2, 0) is 19.3 Å². The molecule has 0 saturated carbocycles. The molecule has 3 rings (SSSR count). The molecule has 1 fully saturated rings. The number of fused-ring (bicyclic) bond motifs is 1. The zero-order valence-corrected chi connectivity index (χ0v) is 11.6. The predicted octanol–water partition coefficient (Wildman–Crippen LogP) is 3.59. The highest BCUT2D eigenvalue weighted by atomic mass is 15.2. The first-order chi connectivity index (χ1) is 8.86. The van der Waals surface area contributed by atoms with Gasteiger partial charge in [0.05, 0.1) is 0 Å². The maximum absolute atomic E-state index is 2.74. The van der Waals surface area contributed by atoms with Crippen molar-refractivity contribution in [3.05, 3.63) is 34.9 Å². The van der Waals surface area contributed by atoms with Gasteiger partial charge in [-0.25, -0.2) is 0 Å². The molecule has 0 unspecified atom stereocenters. The fourth-order valence-corrected chi connectivity index (χ4v) is 3.64. The molecule has 18 heavy (non-hydrogen) atoms. The molecule has 1 aliphatic heterocycles. The van der Waals surface area contributed by atoms with E-state index in [1.54, 1.807) is 11.1 Å². The van der Waals surface area contributed by atoms with Gasteiger partial charge in [0, 0.05) is 6.04 Å². The van der Waals surface area contributed by atoms with Crippen LogP contribution in [0, 0.1) is 0 Å². The number of rotatable bonds is 2. The molecule has 0 spiro atoms. The first-order valence-corrected chi connectivity index (χ1v) is 7.71. The molecule has 1 heteroatoms. The Morgan fingerprint density at radius 1 is 1.06 bits per heavy atom. The maximum Gasteiger partial charge on any atom is 0.0102 e. The molecule has 2 aliphatic rings. The van der Waals surface area contributed by atoms with Crippen molar-refractivity contribution in [2.24, 2.45) is 0 Å². The van der Waals surface area contributed by atoms with Crippen molar-refractivity contribution >= 4 is 0 Å². The summed E-state index contributed by atoms with van der Waals surface area (Å²) in [6.07, 6.45) is 9.35. The van der Waals surface area contributed by atoms with E-state index in [0.717, 1.165) is 6.04 Å². The molecule has 0 N–H and O–H groups in total. The number of nitrogens with zero attached hydrogens (tertiary/aromatic N) is 1. The molecule has 1 aromatic carbocycles. The fraction of sp³-hybridized carbons (Fsp3) is 0.647. The molecular weight excluding hydrogens is 218 g/mol. The molecule has 1 nitrogen and oxygen atoms in total. The summed E-state index contributed by atoms with van der Waals surface area (Å²) in [5.41, 5.74) is 4.76. The molecule has 1 aliphatic carbocycles. The lowest BCUT2D eigenvalue weighted by Crippen LogP contribution is -2.32. The van der Waals surface area contributed by atoms with E-state index in [1.165, 1.54) is 63.6 Å². The van der Waals surface area contributed by atoms with Crippen molar-refractivity contribution < 1.29 is 0 Å². The van der Waals surface area contributed by atoms with Gasteiger partial charge in [0.25, 0.3) is 0 Å². The van der Waals surface area contributed by atoms with Crippen LogP contribution in [0.25, 0.3) is 0 Å². The Hall–Kier alpha value is -0.820. The van der Waals surface area contributed by atoms with Crippen molar-refractivity contribution in [3.63, 3.8) is 0 Å². The highest BCUT2D eigenvalue weighted by molar-refractivity contribution is 5.33. The van der Waals surface area contributed by atoms with E-state index in [2.05, 4.69) is 30.0 Å².